The van der Waals surface area contributed by atoms with Gasteiger partial charge in [0.25, 0.3) is 0 Å². The fourth-order valence-electron chi connectivity index (χ4n) is 1.42. The molecule has 1 fully saturated rings. The van der Waals surface area contributed by atoms with Crippen LogP contribution in [0.5, 0.6) is 0 Å². The van der Waals surface area contributed by atoms with Crippen molar-refractivity contribution < 1.29 is 4.43 Å². The Morgan fingerprint density at radius 1 is 1.33 bits per heavy atom. The molecule has 0 unspecified atom stereocenters. The minimum atomic E-state index is -1.51. The van der Waals surface area contributed by atoms with Crippen LogP contribution in [0.1, 0.15) is 33.6 Å². The van der Waals surface area contributed by atoms with Crippen LogP contribution < -0.4 is 5.32 Å². The van der Waals surface area contributed by atoms with Crippen LogP contribution in [0, 0.1) is 0 Å². The first-order valence-corrected chi connectivity index (χ1v) is 8.61. The summed E-state index contributed by atoms with van der Waals surface area (Å²) in [6.45, 7) is 13.6. The molecule has 0 aromatic heterocycles. The van der Waals surface area contributed by atoms with Crippen molar-refractivity contribution in [2.45, 2.75) is 57.8 Å². The van der Waals surface area contributed by atoms with E-state index in [-0.39, 0.29) is 12.4 Å². The van der Waals surface area contributed by atoms with E-state index in [4.69, 9.17) is 4.43 Å². The average Bonchev–Trinajstić information content (AvgIpc) is 2.50. The monoisotopic (exact) mass is 251 g/mol. The van der Waals surface area contributed by atoms with E-state index in [0.717, 1.165) is 6.61 Å². The Bertz CT molecular complexity index is 186. The van der Waals surface area contributed by atoms with Gasteiger partial charge >= 0.3 is 0 Å². The zero-order valence-corrected chi connectivity index (χ0v) is 12.5. The summed E-state index contributed by atoms with van der Waals surface area (Å²) in [7, 11) is -1.51. The van der Waals surface area contributed by atoms with Gasteiger partial charge < -0.3 is 9.74 Å². The van der Waals surface area contributed by atoms with Crippen LogP contribution >= 0.6 is 12.4 Å². The van der Waals surface area contributed by atoms with Gasteiger partial charge in [0.05, 0.1) is 0 Å². The van der Waals surface area contributed by atoms with E-state index in [1.807, 2.05) is 0 Å². The van der Waals surface area contributed by atoms with Crippen LogP contribution in [0.15, 0.2) is 0 Å². The highest BCUT2D eigenvalue weighted by Gasteiger charge is 2.37. The molecule has 0 aliphatic carbocycles. The third kappa shape index (κ3) is 4.43. The summed E-state index contributed by atoms with van der Waals surface area (Å²) >= 11 is 0. The normalized spacial score (nSPS) is 22.6. The summed E-state index contributed by atoms with van der Waals surface area (Å²) < 4.78 is 6.15. The van der Waals surface area contributed by atoms with E-state index in [0.29, 0.717) is 11.1 Å². The Balaban J connectivity index is 0.00000196. The quantitative estimate of drug-likeness (QED) is 0.778. The maximum Gasteiger partial charge on any atom is 0.192 e. The van der Waals surface area contributed by atoms with E-state index in [1.165, 1.54) is 19.4 Å². The van der Waals surface area contributed by atoms with E-state index >= 15 is 0 Å². The summed E-state index contributed by atoms with van der Waals surface area (Å²) in [4.78, 5) is 0. The molecule has 1 saturated heterocycles. The molecule has 1 heterocycles. The summed E-state index contributed by atoms with van der Waals surface area (Å²) in [6, 6.07) is 0.615. The lowest BCUT2D eigenvalue weighted by molar-refractivity contribution is 0.253. The second kappa shape index (κ2) is 5.67. The lowest BCUT2D eigenvalue weighted by Gasteiger charge is -2.37. The Morgan fingerprint density at radius 2 is 1.93 bits per heavy atom. The van der Waals surface area contributed by atoms with Crippen LogP contribution in [0.4, 0.5) is 0 Å². The van der Waals surface area contributed by atoms with Gasteiger partial charge in [0.1, 0.15) is 0 Å². The van der Waals surface area contributed by atoms with Crippen molar-refractivity contribution >= 4 is 20.7 Å². The molecule has 1 aliphatic heterocycles. The average molecular weight is 252 g/mol. The number of rotatable bonds is 3. The fraction of sp³-hybridized carbons (Fsp3) is 1.00. The zero-order valence-electron chi connectivity index (χ0n) is 10.7. The molecule has 0 spiro atoms. The standard InChI is InChI=1S/C11H25NOSi.ClH/c1-11(2,3)14(4,5)13-9-10-7-6-8-12-10;/h10,12H,6-9H2,1-5H3;1H/t10-;/m1./s1. The van der Waals surface area contributed by atoms with Crippen molar-refractivity contribution in [3.63, 3.8) is 0 Å². The molecular formula is C11H26ClNOSi. The van der Waals surface area contributed by atoms with E-state index in [9.17, 15) is 0 Å². The third-order valence-electron chi connectivity index (χ3n) is 3.61. The molecule has 0 bridgehead atoms. The number of nitrogens with one attached hydrogen (secondary N) is 1. The van der Waals surface area contributed by atoms with E-state index < -0.39 is 8.32 Å². The van der Waals surface area contributed by atoms with Gasteiger partial charge in [0, 0.05) is 12.6 Å². The minimum Gasteiger partial charge on any atom is -0.415 e. The van der Waals surface area contributed by atoms with Crippen molar-refractivity contribution in [3.8, 4) is 0 Å². The van der Waals surface area contributed by atoms with Crippen molar-refractivity contribution in [2.24, 2.45) is 0 Å². The molecule has 15 heavy (non-hydrogen) atoms. The molecule has 1 aliphatic rings. The first-order chi connectivity index (χ1) is 6.33. The molecule has 4 heteroatoms. The van der Waals surface area contributed by atoms with Crippen molar-refractivity contribution in [2.75, 3.05) is 13.2 Å². The highest BCUT2D eigenvalue weighted by atomic mass is 35.5. The highest BCUT2D eigenvalue weighted by Crippen LogP contribution is 2.36. The summed E-state index contributed by atoms with van der Waals surface area (Å²) in [5, 5.41) is 3.82. The van der Waals surface area contributed by atoms with E-state index in [2.05, 4.69) is 39.2 Å². The van der Waals surface area contributed by atoms with Crippen molar-refractivity contribution in [1.82, 2.24) is 5.32 Å². The van der Waals surface area contributed by atoms with Crippen molar-refractivity contribution in [3.05, 3.63) is 0 Å². The summed E-state index contributed by atoms with van der Waals surface area (Å²) in [5.41, 5.74) is 0. The van der Waals surface area contributed by atoms with Gasteiger partial charge in [-0.25, -0.2) is 0 Å². The van der Waals surface area contributed by atoms with Gasteiger partial charge in [-0.3, -0.25) is 0 Å². The Labute approximate surface area is 102 Å². The molecule has 1 N–H and O–H groups in total. The Hall–Kier alpha value is 0.427. The number of halogens is 1. The zero-order chi connectivity index (χ0) is 10.8. The van der Waals surface area contributed by atoms with Crippen LogP contribution in [0.25, 0.3) is 0 Å². The lowest BCUT2D eigenvalue weighted by Crippen LogP contribution is -2.43. The predicted molar refractivity (Wildman–Crippen MR) is 71.4 cm³/mol. The maximum absolute atomic E-state index is 6.15. The molecule has 1 atom stereocenters. The molecule has 0 amide bonds. The molecule has 1 rings (SSSR count). The van der Waals surface area contributed by atoms with Gasteiger partial charge in [-0.1, -0.05) is 20.8 Å². The molecule has 0 aromatic carbocycles. The first-order valence-electron chi connectivity index (χ1n) is 5.70. The van der Waals surface area contributed by atoms with Crippen LogP contribution in [-0.2, 0) is 4.43 Å². The van der Waals surface area contributed by atoms with Gasteiger partial charge in [-0.15, -0.1) is 12.4 Å². The van der Waals surface area contributed by atoms with Crippen LogP contribution in [0.2, 0.25) is 18.1 Å². The number of hydrogen-bond acceptors (Lipinski definition) is 2. The van der Waals surface area contributed by atoms with Crippen LogP contribution in [0.3, 0.4) is 0 Å². The second-order valence-corrected chi connectivity index (χ2v) is 10.7. The van der Waals surface area contributed by atoms with E-state index in [1.54, 1.807) is 0 Å². The van der Waals surface area contributed by atoms with Crippen LogP contribution in [-0.4, -0.2) is 27.5 Å². The number of hydrogen-bond donors (Lipinski definition) is 1. The molecule has 0 saturated carbocycles. The van der Waals surface area contributed by atoms with Gasteiger partial charge in [-0.05, 0) is 37.5 Å². The Kier molecular flexibility index (Phi) is 5.83. The smallest absolute Gasteiger partial charge is 0.192 e. The second-order valence-electron chi connectivity index (χ2n) is 5.86. The minimum absolute atomic E-state index is 0. The maximum atomic E-state index is 6.15. The van der Waals surface area contributed by atoms with Gasteiger partial charge in [-0.2, -0.15) is 0 Å². The molecule has 92 valence electrons. The fourth-order valence-corrected chi connectivity index (χ4v) is 2.48. The molecule has 0 aromatic rings. The first kappa shape index (κ1) is 15.4. The summed E-state index contributed by atoms with van der Waals surface area (Å²) in [5.74, 6) is 0. The predicted octanol–water partition coefficient (Wildman–Crippen LogP) is 3.18. The SMILES string of the molecule is CC(C)(C)[Si](C)(C)OC[C@H]1CCCN1.Cl. The molecular weight excluding hydrogens is 226 g/mol. The highest BCUT2D eigenvalue weighted by molar-refractivity contribution is 6.74. The lowest BCUT2D eigenvalue weighted by atomic mass is 10.2. The topological polar surface area (TPSA) is 21.3 Å². The van der Waals surface area contributed by atoms with Gasteiger partial charge in [0.2, 0.25) is 0 Å². The molecule has 0 radical (unpaired) electrons. The van der Waals surface area contributed by atoms with Gasteiger partial charge in [0.15, 0.2) is 8.32 Å². The molecule has 2 nitrogen and oxygen atoms in total. The summed E-state index contributed by atoms with van der Waals surface area (Å²) in [6.07, 6.45) is 2.60. The Morgan fingerprint density at radius 3 is 2.33 bits per heavy atom. The third-order valence-corrected chi connectivity index (χ3v) is 8.11. The van der Waals surface area contributed by atoms with Crippen molar-refractivity contribution in [1.29, 1.82) is 0 Å². The largest absolute Gasteiger partial charge is 0.415 e.